The van der Waals surface area contributed by atoms with Crippen molar-refractivity contribution >= 4 is 40.7 Å². The Bertz CT molecular complexity index is 704. The molecule has 0 amide bonds. The fourth-order valence-electron chi connectivity index (χ4n) is 3.36. The normalized spacial score (nSPS) is 16.5. The van der Waals surface area contributed by atoms with Crippen molar-refractivity contribution in [2.75, 3.05) is 11.9 Å². The predicted octanol–water partition coefficient (Wildman–Crippen LogP) is 5.86. The van der Waals surface area contributed by atoms with Crippen molar-refractivity contribution in [1.82, 2.24) is 9.55 Å². The lowest BCUT2D eigenvalue weighted by atomic mass is 9.95. The number of nitrogens with one attached hydrogen (secondary N) is 1. The summed E-state index contributed by atoms with van der Waals surface area (Å²) in [6.07, 6.45) is 10.5. The van der Waals surface area contributed by atoms with E-state index in [0.29, 0.717) is 12.8 Å². The number of anilines is 1. The summed E-state index contributed by atoms with van der Waals surface area (Å²) >= 11 is 3.68. The van der Waals surface area contributed by atoms with Crippen LogP contribution in [0, 0.1) is 0 Å². The second-order valence-electron chi connectivity index (χ2n) is 8.33. The first-order valence-electron chi connectivity index (χ1n) is 9.42. The van der Waals surface area contributed by atoms with Gasteiger partial charge in [-0.05, 0) is 40.9 Å². The SMILES string of the molecule is C[Si](C)(C)CCOCn1ccc2c(NC3CCCCC3)c(Br)cnc21. The predicted molar refractivity (Wildman–Crippen MR) is 112 cm³/mol. The van der Waals surface area contributed by atoms with E-state index < -0.39 is 8.07 Å². The number of hydrogen-bond acceptors (Lipinski definition) is 3. The van der Waals surface area contributed by atoms with Crippen molar-refractivity contribution in [2.45, 2.75) is 70.6 Å². The molecule has 1 aliphatic rings. The number of hydrogen-bond donors (Lipinski definition) is 1. The number of rotatable bonds is 7. The van der Waals surface area contributed by atoms with Crippen LogP contribution in [0.3, 0.4) is 0 Å². The molecule has 2 aromatic rings. The fraction of sp³-hybridized carbons (Fsp3) is 0.632. The third-order valence-corrected chi connectivity index (χ3v) is 7.23. The second-order valence-corrected chi connectivity index (χ2v) is 14.8. The highest BCUT2D eigenvalue weighted by atomic mass is 79.9. The summed E-state index contributed by atoms with van der Waals surface area (Å²) in [6, 6.07) is 3.92. The number of pyridine rings is 1. The third kappa shape index (κ3) is 5.08. The Morgan fingerprint density at radius 3 is 2.76 bits per heavy atom. The maximum Gasteiger partial charge on any atom is 0.143 e. The molecule has 1 saturated carbocycles. The van der Waals surface area contributed by atoms with Crippen LogP contribution in [0.5, 0.6) is 0 Å². The number of nitrogens with zero attached hydrogens (tertiary/aromatic N) is 2. The van der Waals surface area contributed by atoms with E-state index in [-0.39, 0.29) is 0 Å². The molecule has 1 N–H and O–H groups in total. The zero-order valence-electron chi connectivity index (χ0n) is 15.6. The van der Waals surface area contributed by atoms with Gasteiger partial charge in [-0.3, -0.25) is 0 Å². The molecule has 138 valence electrons. The van der Waals surface area contributed by atoms with E-state index in [1.807, 2.05) is 6.20 Å². The van der Waals surface area contributed by atoms with Gasteiger partial charge in [0, 0.05) is 38.5 Å². The molecule has 0 aromatic carbocycles. The molecule has 2 heterocycles. The van der Waals surface area contributed by atoms with Gasteiger partial charge in [0.2, 0.25) is 0 Å². The van der Waals surface area contributed by atoms with Crippen molar-refractivity contribution < 1.29 is 4.74 Å². The van der Waals surface area contributed by atoms with E-state index in [1.165, 1.54) is 49.2 Å². The Balaban J connectivity index is 1.71. The molecule has 0 radical (unpaired) electrons. The molecule has 0 atom stereocenters. The Morgan fingerprint density at radius 1 is 1.28 bits per heavy atom. The molecule has 0 bridgehead atoms. The van der Waals surface area contributed by atoms with E-state index in [9.17, 15) is 0 Å². The van der Waals surface area contributed by atoms with Crippen LogP contribution < -0.4 is 5.32 Å². The molecule has 1 fully saturated rings. The van der Waals surface area contributed by atoms with Crippen molar-refractivity contribution in [3.63, 3.8) is 0 Å². The minimum Gasteiger partial charge on any atom is -0.381 e. The van der Waals surface area contributed by atoms with Crippen molar-refractivity contribution in [3.05, 3.63) is 22.9 Å². The summed E-state index contributed by atoms with van der Waals surface area (Å²) < 4.78 is 9.06. The van der Waals surface area contributed by atoms with Gasteiger partial charge in [-0.2, -0.15) is 0 Å². The van der Waals surface area contributed by atoms with Crippen LogP contribution in [0.4, 0.5) is 5.69 Å². The average molecular weight is 424 g/mol. The summed E-state index contributed by atoms with van der Waals surface area (Å²) in [4.78, 5) is 4.63. The molecule has 0 spiro atoms. The summed E-state index contributed by atoms with van der Waals surface area (Å²) in [7, 11) is -1.04. The molecule has 2 aromatic heterocycles. The molecule has 25 heavy (non-hydrogen) atoms. The van der Waals surface area contributed by atoms with Gasteiger partial charge in [0.25, 0.3) is 0 Å². The maximum absolute atomic E-state index is 5.91. The standard InChI is InChI=1S/C19H30BrN3OSi/c1-25(2,3)12-11-24-14-23-10-9-16-18(17(20)13-21-19(16)23)22-15-7-5-4-6-8-15/h9-10,13,15H,4-8,11-12,14H2,1-3H3,(H,21,22). The minimum absolute atomic E-state index is 0.575. The Kier molecular flexibility index (Phi) is 6.23. The van der Waals surface area contributed by atoms with Crippen LogP contribution in [-0.4, -0.2) is 30.3 Å². The number of ether oxygens (including phenoxy) is 1. The Hall–Kier alpha value is -0.853. The highest BCUT2D eigenvalue weighted by molar-refractivity contribution is 9.10. The zero-order valence-corrected chi connectivity index (χ0v) is 18.2. The highest BCUT2D eigenvalue weighted by Gasteiger charge is 2.18. The van der Waals surface area contributed by atoms with Gasteiger partial charge in [0.15, 0.2) is 0 Å². The van der Waals surface area contributed by atoms with Gasteiger partial charge in [-0.25, -0.2) is 4.98 Å². The monoisotopic (exact) mass is 423 g/mol. The van der Waals surface area contributed by atoms with Crippen molar-refractivity contribution in [1.29, 1.82) is 0 Å². The smallest absolute Gasteiger partial charge is 0.143 e. The summed E-state index contributed by atoms with van der Waals surface area (Å²) in [5, 5.41) is 4.93. The van der Waals surface area contributed by atoms with Crippen LogP contribution in [0.15, 0.2) is 22.9 Å². The van der Waals surface area contributed by atoms with Crippen LogP contribution in [0.2, 0.25) is 25.7 Å². The molecule has 6 heteroatoms. The molecular formula is C19H30BrN3OSi. The van der Waals surface area contributed by atoms with Crippen LogP contribution in [-0.2, 0) is 11.5 Å². The first-order valence-corrected chi connectivity index (χ1v) is 13.9. The van der Waals surface area contributed by atoms with E-state index in [1.54, 1.807) is 0 Å². The van der Waals surface area contributed by atoms with Gasteiger partial charge < -0.3 is 14.6 Å². The largest absolute Gasteiger partial charge is 0.381 e. The Morgan fingerprint density at radius 2 is 2.04 bits per heavy atom. The summed E-state index contributed by atoms with van der Waals surface area (Å²) in [5.74, 6) is 0. The van der Waals surface area contributed by atoms with Crippen molar-refractivity contribution in [2.24, 2.45) is 0 Å². The van der Waals surface area contributed by atoms with Gasteiger partial charge in [-0.15, -0.1) is 0 Å². The lowest BCUT2D eigenvalue weighted by molar-refractivity contribution is 0.0899. The number of halogens is 1. The van der Waals surface area contributed by atoms with E-state index in [2.05, 4.69) is 62.7 Å². The first kappa shape index (κ1) is 18.9. The zero-order chi connectivity index (χ0) is 17.9. The van der Waals surface area contributed by atoms with Crippen LogP contribution >= 0.6 is 15.9 Å². The number of aromatic nitrogens is 2. The van der Waals surface area contributed by atoms with E-state index in [0.717, 1.165) is 16.7 Å². The van der Waals surface area contributed by atoms with Gasteiger partial charge >= 0.3 is 0 Å². The molecule has 4 nitrogen and oxygen atoms in total. The summed E-state index contributed by atoms with van der Waals surface area (Å²) in [6.45, 7) is 8.54. The molecule has 0 unspecified atom stereocenters. The average Bonchev–Trinajstić information content (AvgIpc) is 2.98. The number of fused-ring (bicyclic) bond motifs is 1. The van der Waals surface area contributed by atoms with Crippen molar-refractivity contribution in [3.8, 4) is 0 Å². The van der Waals surface area contributed by atoms with Crippen LogP contribution in [0.1, 0.15) is 32.1 Å². The molecule has 1 aliphatic carbocycles. The highest BCUT2D eigenvalue weighted by Crippen LogP contribution is 2.33. The molecule has 0 saturated heterocycles. The third-order valence-electron chi connectivity index (χ3n) is 4.92. The molecule has 0 aliphatic heterocycles. The van der Waals surface area contributed by atoms with Crippen LogP contribution in [0.25, 0.3) is 11.0 Å². The van der Waals surface area contributed by atoms with Gasteiger partial charge in [0.05, 0.1) is 10.2 Å². The maximum atomic E-state index is 5.91. The minimum atomic E-state index is -1.04. The van der Waals surface area contributed by atoms with Gasteiger partial charge in [-0.1, -0.05) is 38.9 Å². The Labute approximate surface area is 160 Å². The fourth-order valence-corrected chi connectivity index (χ4v) is 4.54. The lowest BCUT2D eigenvalue weighted by Crippen LogP contribution is -2.22. The molecular weight excluding hydrogens is 394 g/mol. The summed E-state index contributed by atoms with van der Waals surface area (Å²) in [5.41, 5.74) is 2.17. The topological polar surface area (TPSA) is 39.1 Å². The quantitative estimate of drug-likeness (QED) is 0.447. The lowest BCUT2D eigenvalue weighted by Gasteiger charge is -2.24. The van der Waals surface area contributed by atoms with E-state index >= 15 is 0 Å². The van der Waals surface area contributed by atoms with Gasteiger partial charge in [0.1, 0.15) is 12.4 Å². The molecule has 3 rings (SSSR count). The second kappa shape index (κ2) is 8.23. The first-order chi connectivity index (χ1) is 11.9. The van der Waals surface area contributed by atoms with E-state index in [4.69, 9.17) is 4.74 Å².